The van der Waals surface area contributed by atoms with Crippen molar-refractivity contribution in [3.8, 4) is 0 Å². The molecule has 0 heterocycles. The van der Waals surface area contributed by atoms with Crippen molar-refractivity contribution in [3.05, 3.63) is 48.3 Å². The van der Waals surface area contributed by atoms with E-state index >= 15 is 0 Å². The summed E-state index contributed by atoms with van der Waals surface area (Å²) in [5.74, 6) is -1.31. The van der Waals surface area contributed by atoms with Gasteiger partial charge in [-0.1, -0.05) is 18.2 Å². The lowest BCUT2D eigenvalue weighted by molar-refractivity contribution is -0.126. The van der Waals surface area contributed by atoms with Crippen LogP contribution in [0.5, 0.6) is 0 Å². The van der Waals surface area contributed by atoms with E-state index in [1.54, 1.807) is 0 Å². The zero-order chi connectivity index (χ0) is 13.5. The van der Waals surface area contributed by atoms with Crippen LogP contribution in [0.25, 0.3) is 0 Å². The molecule has 2 amide bonds. The second-order valence-corrected chi connectivity index (χ2v) is 3.85. The molecule has 0 bridgehead atoms. The fourth-order valence-corrected chi connectivity index (χ4v) is 1.45. The minimum absolute atomic E-state index is 0.0706. The fraction of sp³-hybridized carbons (Fsp3) is 0.231. The molecule has 4 nitrogen and oxygen atoms in total. The minimum Gasteiger partial charge on any atom is -0.368 e. The molecule has 1 aromatic rings. The quantitative estimate of drug-likeness (QED) is 0.737. The predicted molar refractivity (Wildman–Crippen MR) is 66.0 cm³/mol. The summed E-state index contributed by atoms with van der Waals surface area (Å²) >= 11 is 0. The Hall–Kier alpha value is -2.17. The molecule has 0 spiro atoms. The van der Waals surface area contributed by atoms with Crippen molar-refractivity contribution in [2.45, 2.75) is 18.9 Å². The highest BCUT2D eigenvalue weighted by atomic mass is 19.1. The molecular formula is C13H15FN2O2. The van der Waals surface area contributed by atoms with Crippen LogP contribution in [-0.4, -0.2) is 17.9 Å². The molecule has 96 valence electrons. The van der Waals surface area contributed by atoms with Gasteiger partial charge in [0.1, 0.15) is 11.9 Å². The molecule has 0 aromatic heterocycles. The van der Waals surface area contributed by atoms with Crippen LogP contribution in [0.3, 0.4) is 0 Å². The van der Waals surface area contributed by atoms with E-state index in [4.69, 9.17) is 5.73 Å². The van der Waals surface area contributed by atoms with Crippen LogP contribution >= 0.6 is 0 Å². The third kappa shape index (κ3) is 4.37. The summed E-state index contributed by atoms with van der Waals surface area (Å²) in [6.45, 7) is 3.48. The molecule has 1 atom stereocenters. The summed E-state index contributed by atoms with van der Waals surface area (Å²) in [6, 6.07) is 4.83. The number of hydrogen-bond donors (Lipinski definition) is 2. The maximum Gasteiger partial charge on any atom is 0.240 e. The number of hydrogen-bond acceptors (Lipinski definition) is 2. The fourth-order valence-electron chi connectivity index (χ4n) is 1.45. The zero-order valence-corrected chi connectivity index (χ0v) is 9.86. The predicted octanol–water partition coefficient (Wildman–Crippen LogP) is 0.914. The zero-order valence-electron chi connectivity index (χ0n) is 9.86. The number of rotatable bonds is 6. The van der Waals surface area contributed by atoms with Crippen LogP contribution in [0.2, 0.25) is 0 Å². The molecule has 0 aliphatic rings. The van der Waals surface area contributed by atoms with Crippen LogP contribution < -0.4 is 11.1 Å². The Morgan fingerprint density at radius 3 is 2.50 bits per heavy atom. The van der Waals surface area contributed by atoms with Crippen molar-refractivity contribution in [1.82, 2.24) is 5.32 Å². The van der Waals surface area contributed by atoms with Crippen LogP contribution in [-0.2, 0) is 16.0 Å². The summed E-state index contributed by atoms with van der Waals surface area (Å²) in [5.41, 5.74) is 5.80. The van der Waals surface area contributed by atoms with Crippen molar-refractivity contribution in [1.29, 1.82) is 0 Å². The van der Waals surface area contributed by atoms with Crippen LogP contribution in [0, 0.1) is 5.82 Å². The van der Waals surface area contributed by atoms with E-state index in [-0.39, 0.29) is 24.6 Å². The molecule has 0 fully saturated rings. The lowest BCUT2D eigenvalue weighted by Crippen LogP contribution is -2.44. The standard InChI is InChI=1S/C13H15FN2O2/c1-2-3-11(13(15)18)16-12(17)8-9-4-6-10(14)7-5-9/h2,4-7,11H,1,3,8H2,(H2,15,18)(H,16,17)/t11-/m0/s1. The Kier molecular flexibility index (Phi) is 5.05. The lowest BCUT2D eigenvalue weighted by Gasteiger charge is -2.13. The van der Waals surface area contributed by atoms with Gasteiger partial charge in [-0.2, -0.15) is 0 Å². The number of carbonyl (C=O) groups is 2. The molecule has 0 radical (unpaired) electrons. The number of halogens is 1. The van der Waals surface area contributed by atoms with Crippen molar-refractivity contribution in [2.75, 3.05) is 0 Å². The molecule has 0 aliphatic heterocycles. The summed E-state index contributed by atoms with van der Waals surface area (Å²) in [5, 5.41) is 2.50. The van der Waals surface area contributed by atoms with E-state index in [9.17, 15) is 14.0 Å². The van der Waals surface area contributed by atoms with Crippen LogP contribution in [0.15, 0.2) is 36.9 Å². The van der Waals surface area contributed by atoms with Crippen molar-refractivity contribution in [2.24, 2.45) is 5.73 Å². The number of primary amides is 1. The third-order valence-corrected chi connectivity index (χ3v) is 2.36. The molecule has 0 aliphatic carbocycles. The number of nitrogens with two attached hydrogens (primary N) is 1. The van der Waals surface area contributed by atoms with Gasteiger partial charge < -0.3 is 11.1 Å². The average molecular weight is 250 g/mol. The Balaban J connectivity index is 2.57. The Morgan fingerprint density at radius 1 is 1.39 bits per heavy atom. The average Bonchev–Trinajstić information content (AvgIpc) is 2.31. The van der Waals surface area contributed by atoms with Gasteiger partial charge in [-0.15, -0.1) is 6.58 Å². The molecule has 0 saturated heterocycles. The maximum absolute atomic E-state index is 12.7. The van der Waals surface area contributed by atoms with E-state index in [0.717, 1.165) is 0 Å². The Bertz CT molecular complexity index is 443. The van der Waals surface area contributed by atoms with Gasteiger partial charge in [0.15, 0.2) is 0 Å². The van der Waals surface area contributed by atoms with Crippen molar-refractivity contribution < 1.29 is 14.0 Å². The molecular weight excluding hydrogens is 235 g/mol. The molecule has 1 rings (SSSR count). The second-order valence-electron chi connectivity index (χ2n) is 3.85. The molecule has 3 N–H and O–H groups in total. The first-order valence-corrected chi connectivity index (χ1v) is 5.47. The summed E-state index contributed by atoms with van der Waals surface area (Å²) in [6.07, 6.45) is 1.86. The Labute approximate surface area is 105 Å². The SMILES string of the molecule is C=CC[C@H](NC(=O)Cc1ccc(F)cc1)C(N)=O. The van der Waals surface area contributed by atoms with Gasteiger partial charge in [-0.05, 0) is 24.1 Å². The van der Waals surface area contributed by atoms with Gasteiger partial charge in [-0.25, -0.2) is 4.39 Å². The van der Waals surface area contributed by atoms with Crippen molar-refractivity contribution >= 4 is 11.8 Å². The number of benzene rings is 1. The van der Waals surface area contributed by atoms with Crippen LogP contribution in [0.4, 0.5) is 4.39 Å². The van der Waals surface area contributed by atoms with Gasteiger partial charge in [0, 0.05) is 0 Å². The Morgan fingerprint density at radius 2 is 2.00 bits per heavy atom. The largest absolute Gasteiger partial charge is 0.368 e. The number of nitrogens with one attached hydrogen (secondary N) is 1. The maximum atomic E-state index is 12.7. The highest BCUT2D eigenvalue weighted by molar-refractivity contribution is 5.87. The van der Waals surface area contributed by atoms with Gasteiger partial charge in [0.2, 0.25) is 11.8 Å². The van der Waals surface area contributed by atoms with E-state index in [2.05, 4.69) is 11.9 Å². The van der Waals surface area contributed by atoms with E-state index in [0.29, 0.717) is 5.56 Å². The highest BCUT2D eigenvalue weighted by Crippen LogP contribution is 2.04. The van der Waals surface area contributed by atoms with E-state index in [1.165, 1.54) is 30.3 Å². The first-order valence-electron chi connectivity index (χ1n) is 5.47. The number of amides is 2. The van der Waals surface area contributed by atoms with E-state index in [1.807, 2.05) is 0 Å². The molecule has 1 aromatic carbocycles. The first-order chi connectivity index (χ1) is 8.52. The monoisotopic (exact) mass is 250 g/mol. The molecule has 0 unspecified atom stereocenters. The lowest BCUT2D eigenvalue weighted by atomic mass is 10.1. The molecule has 5 heteroatoms. The van der Waals surface area contributed by atoms with E-state index < -0.39 is 11.9 Å². The normalized spacial score (nSPS) is 11.6. The van der Waals surface area contributed by atoms with Gasteiger partial charge >= 0.3 is 0 Å². The third-order valence-electron chi connectivity index (χ3n) is 2.36. The minimum atomic E-state index is -0.754. The van der Waals surface area contributed by atoms with Gasteiger partial charge in [0.05, 0.1) is 6.42 Å². The summed E-state index contributed by atoms with van der Waals surface area (Å²) < 4.78 is 12.7. The first kappa shape index (κ1) is 13.9. The second kappa shape index (κ2) is 6.54. The van der Waals surface area contributed by atoms with Gasteiger partial charge in [-0.3, -0.25) is 9.59 Å². The van der Waals surface area contributed by atoms with Crippen molar-refractivity contribution in [3.63, 3.8) is 0 Å². The summed E-state index contributed by atoms with van der Waals surface area (Å²) in [4.78, 5) is 22.7. The molecule has 0 saturated carbocycles. The number of carbonyl (C=O) groups excluding carboxylic acids is 2. The summed E-state index contributed by atoms with van der Waals surface area (Å²) in [7, 11) is 0. The smallest absolute Gasteiger partial charge is 0.240 e. The highest BCUT2D eigenvalue weighted by Gasteiger charge is 2.16. The molecule has 18 heavy (non-hydrogen) atoms. The topological polar surface area (TPSA) is 72.2 Å². The van der Waals surface area contributed by atoms with Gasteiger partial charge in [0.25, 0.3) is 0 Å². The van der Waals surface area contributed by atoms with Crippen LogP contribution in [0.1, 0.15) is 12.0 Å².